The highest BCUT2D eigenvalue weighted by atomic mass is 16.4. The molecule has 3 rings (SSSR count). The quantitative estimate of drug-likeness (QED) is 0.846. The first kappa shape index (κ1) is 11.6. The van der Waals surface area contributed by atoms with Crippen molar-refractivity contribution in [3.8, 4) is 0 Å². The fourth-order valence-electron chi connectivity index (χ4n) is 2.35. The monoisotopic (exact) mass is 250 g/mol. The summed E-state index contributed by atoms with van der Waals surface area (Å²) in [6.07, 6.45) is 4.42. The van der Waals surface area contributed by atoms with Gasteiger partial charge in [0.05, 0.1) is 6.04 Å². The van der Waals surface area contributed by atoms with Gasteiger partial charge in [0.2, 0.25) is 11.8 Å². The van der Waals surface area contributed by atoms with Crippen LogP contribution in [0.15, 0.2) is 4.42 Å². The van der Waals surface area contributed by atoms with Gasteiger partial charge in [0, 0.05) is 5.92 Å². The molecule has 1 saturated carbocycles. The van der Waals surface area contributed by atoms with Gasteiger partial charge in [-0.15, -0.1) is 5.10 Å². The summed E-state index contributed by atoms with van der Waals surface area (Å²) in [4.78, 5) is 11.9. The Balaban J connectivity index is 1.60. The van der Waals surface area contributed by atoms with Crippen LogP contribution in [-0.4, -0.2) is 22.6 Å². The first-order valence-electron chi connectivity index (χ1n) is 6.61. The molecule has 2 heterocycles. The average Bonchev–Trinajstić information content (AvgIpc) is 2.89. The molecule has 6 heteroatoms. The third-order valence-corrected chi connectivity index (χ3v) is 3.77. The summed E-state index contributed by atoms with van der Waals surface area (Å²) in [5, 5.41) is 13.8. The van der Waals surface area contributed by atoms with Crippen LogP contribution in [0.2, 0.25) is 0 Å². The van der Waals surface area contributed by atoms with Gasteiger partial charge < -0.3 is 9.73 Å². The van der Waals surface area contributed by atoms with Crippen molar-refractivity contribution in [2.75, 3.05) is 11.9 Å². The molecule has 2 N–H and O–H groups in total. The Kier molecular flexibility index (Phi) is 3.03. The first-order chi connectivity index (χ1) is 8.74. The molecule has 6 nitrogen and oxygen atoms in total. The molecule has 18 heavy (non-hydrogen) atoms. The van der Waals surface area contributed by atoms with Crippen molar-refractivity contribution in [3.63, 3.8) is 0 Å². The number of nitrogens with zero attached hydrogens (tertiary/aromatic N) is 2. The third-order valence-electron chi connectivity index (χ3n) is 3.77. The number of rotatable bonds is 4. The average molecular weight is 250 g/mol. The van der Waals surface area contributed by atoms with Crippen molar-refractivity contribution in [1.82, 2.24) is 15.5 Å². The first-order valence-corrected chi connectivity index (χ1v) is 6.61. The molecular formula is C12H18N4O2. The molecule has 0 spiro atoms. The SMILES string of the molecule is CC(C(=O)Nc1nnc(C2CCCN2)o1)C1CC1. The molecule has 1 amide bonds. The predicted octanol–water partition coefficient (Wildman–Crippen LogP) is 1.48. The minimum atomic E-state index is -0.0212. The lowest BCUT2D eigenvalue weighted by Gasteiger charge is -2.07. The highest BCUT2D eigenvalue weighted by molar-refractivity contribution is 5.90. The van der Waals surface area contributed by atoms with Gasteiger partial charge in [0.15, 0.2) is 0 Å². The highest BCUT2D eigenvalue weighted by Crippen LogP contribution is 2.37. The molecule has 0 aromatic carbocycles. The normalized spacial score (nSPS) is 25.1. The molecule has 2 unspecified atom stereocenters. The molecule has 98 valence electrons. The number of anilines is 1. The Hall–Kier alpha value is -1.43. The van der Waals surface area contributed by atoms with Crippen LogP contribution in [0.5, 0.6) is 0 Å². The molecule has 1 aromatic rings. The second-order valence-corrected chi connectivity index (χ2v) is 5.21. The summed E-state index contributed by atoms with van der Waals surface area (Å²) in [6, 6.07) is 0.361. The largest absolute Gasteiger partial charge is 0.406 e. The fourth-order valence-corrected chi connectivity index (χ4v) is 2.35. The zero-order valence-corrected chi connectivity index (χ0v) is 10.5. The fraction of sp³-hybridized carbons (Fsp3) is 0.750. The van der Waals surface area contributed by atoms with E-state index in [0.29, 0.717) is 11.8 Å². The Morgan fingerprint density at radius 3 is 2.94 bits per heavy atom. The lowest BCUT2D eigenvalue weighted by atomic mass is 10.1. The third kappa shape index (κ3) is 2.38. The Bertz CT molecular complexity index is 435. The van der Waals surface area contributed by atoms with E-state index in [-0.39, 0.29) is 23.9 Å². The summed E-state index contributed by atoms with van der Waals surface area (Å²) in [6.45, 7) is 2.93. The van der Waals surface area contributed by atoms with Gasteiger partial charge >= 0.3 is 6.01 Å². The van der Waals surface area contributed by atoms with Crippen LogP contribution in [-0.2, 0) is 4.79 Å². The topological polar surface area (TPSA) is 80.0 Å². The van der Waals surface area contributed by atoms with Gasteiger partial charge in [-0.05, 0) is 38.1 Å². The van der Waals surface area contributed by atoms with Gasteiger partial charge in [0.1, 0.15) is 0 Å². The Morgan fingerprint density at radius 1 is 1.44 bits per heavy atom. The second-order valence-electron chi connectivity index (χ2n) is 5.21. The van der Waals surface area contributed by atoms with E-state index in [2.05, 4.69) is 20.8 Å². The van der Waals surface area contributed by atoms with E-state index in [4.69, 9.17) is 4.42 Å². The van der Waals surface area contributed by atoms with Crippen molar-refractivity contribution in [2.45, 2.75) is 38.6 Å². The maximum Gasteiger partial charge on any atom is 0.322 e. The molecule has 2 aliphatic rings. The smallest absolute Gasteiger partial charge is 0.322 e. The van der Waals surface area contributed by atoms with Gasteiger partial charge in [-0.25, -0.2) is 0 Å². The van der Waals surface area contributed by atoms with E-state index in [1.807, 2.05) is 6.92 Å². The molecule has 2 fully saturated rings. The van der Waals surface area contributed by atoms with E-state index >= 15 is 0 Å². The maximum atomic E-state index is 11.9. The van der Waals surface area contributed by atoms with Crippen LogP contribution in [0.25, 0.3) is 0 Å². The van der Waals surface area contributed by atoms with Crippen LogP contribution in [0.1, 0.15) is 44.5 Å². The molecule has 1 aliphatic carbocycles. The zero-order chi connectivity index (χ0) is 12.5. The van der Waals surface area contributed by atoms with Crippen molar-refractivity contribution < 1.29 is 9.21 Å². The number of nitrogens with one attached hydrogen (secondary N) is 2. The van der Waals surface area contributed by atoms with Gasteiger partial charge in [0.25, 0.3) is 0 Å². The van der Waals surface area contributed by atoms with Gasteiger partial charge in [-0.1, -0.05) is 12.0 Å². The number of hydrogen-bond acceptors (Lipinski definition) is 5. The van der Waals surface area contributed by atoms with Crippen LogP contribution in [0.4, 0.5) is 6.01 Å². The van der Waals surface area contributed by atoms with E-state index < -0.39 is 0 Å². The zero-order valence-electron chi connectivity index (χ0n) is 10.5. The maximum absolute atomic E-state index is 11.9. The second kappa shape index (κ2) is 4.68. The Morgan fingerprint density at radius 2 is 2.28 bits per heavy atom. The number of amides is 1. The summed E-state index contributed by atoms with van der Waals surface area (Å²) in [5.74, 6) is 1.11. The van der Waals surface area contributed by atoms with E-state index in [0.717, 1.165) is 32.2 Å². The van der Waals surface area contributed by atoms with Crippen molar-refractivity contribution in [1.29, 1.82) is 0 Å². The van der Waals surface area contributed by atoms with E-state index in [1.54, 1.807) is 0 Å². The Labute approximate surface area is 106 Å². The minimum absolute atomic E-state index is 0.0212. The molecule has 1 saturated heterocycles. The number of hydrogen-bond donors (Lipinski definition) is 2. The van der Waals surface area contributed by atoms with Crippen molar-refractivity contribution in [2.24, 2.45) is 11.8 Å². The number of aromatic nitrogens is 2. The highest BCUT2D eigenvalue weighted by Gasteiger charge is 2.33. The van der Waals surface area contributed by atoms with Crippen LogP contribution in [0.3, 0.4) is 0 Å². The van der Waals surface area contributed by atoms with Gasteiger partial charge in [-0.3, -0.25) is 10.1 Å². The number of carbonyl (C=O) groups excluding carboxylic acids is 1. The molecule has 1 aromatic heterocycles. The summed E-state index contributed by atoms with van der Waals surface area (Å²) in [7, 11) is 0. The molecule has 2 atom stereocenters. The molecular weight excluding hydrogens is 232 g/mol. The predicted molar refractivity (Wildman–Crippen MR) is 64.8 cm³/mol. The van der Waals surface area contributed by atoms with Crippen LogP contribution < -0.4 is 10.6 Å². The summed E-state index contributed by atoms with van der Waals surface area (Å²) < 4.78 is 5.47. The van der Waals surface area contributed by atoms with Crippen molar-refractivity contribution >= 4 is 11.9 Å². The molecule has 0 bridgehead atoms. The number of carbonyl (C=O) groups is 1. The van der Waals surface area contributed by atoms with E-state index in [1.165, 1.54) is 0 Å². The standard InChI is InChI=1S/C12H18N4O2/c1-7(8-4-5-8)10(17)14-12-16-15-11(18-12)9-3-2-6-13-9/h7-9,13H,2-6H2,1H3,(H,14,16,17). The molecule has 1 aliphatic heterocycles. The van der Waals surface area contributed by atoms with Crippen LogP contribution in [0, 0.1) is 11.8 Å². The lowest BCUT2D eigenvalue weighted by Crippen LogP contribution is -2.21. The minimum Gasteiger partial charge on any atom is -0.406 e. The van der Waals surface area contributed by atoms with Gasteiger partial charge in [-0.2, -0.15) is 0 Å². The summed E-state index contributed by atoms with van der Waals surface area (Å²) >= 11 is 0. The van der Waals surface area contributed by atoms with Crippen molar-refractivity contribution in [3.05, 3.63) is 5.89 Å². The van der Waals surface area contributed by atoms with Crippen LogP contribution >= 0.6 is 0 Å². The molecule has 0 radical (unpaired) electrons. The lowest BCUT2D eigenvalue weighted by molar-refractivity contribution is -0.120. The van der Waals surface area contributed by atoms with E-state index in [9.17, 15) is 4.79 Å². The summed E-state index contributed by atoms with van der Waals surface area (Å²) in [5.41, 5.74) is 0.